The van der Waals surface area contributed by atoms with Gasteiger partial charge in [-0.15, -0.1) is 0 Å². The van der Waals surface area contributed by atoms with Gasteiger partial charge in [0.2, 0.25) is 6.29 Å². The number of hydrogen-bond donors (Lipinski definition) is 1. The third-order valence-corrected chi connectivity index (χ3v) is 4.73. The zero-order valence-electron chi connectivity index (χ0n) is 16.9. The second-order valence-corrected chi connectivity index (χ2v) is 6.91. The molecule has 1 amide bonds. The number of ether oxygens (including phenoxy) is 4. The second kappa shape index (κ2) is 11.5. The Morgan fingerprint density at radius 1 is 1.35 bits per heavy atom. The topological polar surface area (TPSA) is 77.5 Å². The molecule has 152 valence electrons. The van der Waals surface area contributed by atoms with E-state index in [-0.39, 0.29) is 24.3 Å². The number of amides is 1. The average molecular weight is 373 g/mol. The van der Waals surface area contributed by atoms with Gasteiger partial charge in [-0.1, -0.05) is 13.8 Å². The zero-order chi connectivity index (χ0) is 19.7. The third kappa shape index (κ3) is 6.23. The molecule has 0 unspecified atom stereocenters. The highest BCUT2D eigenvalue weighted by Gasteiger charge is 2.39. The number of carbonyl (C=O) groups is 1. The summed E-state index contributed by atoms with van der Waals surface area (Å²) in [5.74, 6) is 0.648. The predicted molar refractivity (Wildman–Crippen MR) is 98.2 cm³/mol. The van der Waals surface area contributed by atoms with Crippen LogP contribution in [0.15, 0.2) is 11.8 Å². The van der Waals surface area contributed by atoms with E-state index in [1.165, 1.54) is 19.1 Å². The summed E-state index contributed by atoms with van der Waals surface area (Å²) in [6.45, 7) is 7.08. The lowest BCUT2D eigenvalue weighted by Gasteiger charge is -2.39. The predicted octanol–water partition coefficient (Wildman–Crippen LogP) is 2.00. The number of hydrogen-bond acceptors (Lipinski definition) is 6. The van der Waals surface area contributed by atoms with Crippen LogP contribution in [0.5, 0.6) is 0 Å². The third-order valence-electron chi connectivity index (χ3n) is 4.73. The van der Waals surface area contributed by atoms with Crippen molar-refractivity contribution in [2.75, 3.05) is 41.0 Å². The Labute approximate surface area is 157 Å². The van der Waals surface area contributed by atoms with Gasteiger partial charge in [-0.3, -0.25) is 4.79 Å². The van der Waals surface area contributed by atoms with E-state index in [2.05, 4.69) is 13.8 Å². The molecule has 0 aromatic rings. The fourth-order valence-corrected chi connectivity index (χ4v) is 3.26. The van der Waals surface area contributed by atoms with Gasteiger partial charge in [-0.25, -0.2) is 0 Å². The van der Waals surface area contributed by atoms with E-state index in [1.54, 1.807) is 7.05 Å². The standard InChI is InChI=1S/C19H35NO6/c1-7-25-19-14(9-8-10-21)15(13(2)3)11-16(26-19)18(22)20(4)12-17(23-5)24-6/h11,13-15,17,19,21H,7-10,12H2,1-6H3/t14-,15-,19-/m1/s1. The van der Waals surface area contributed by atoms with Crippen LogP contribution in [0.25, 0.3) is 0 Å². The molecule has 1 heterocycles. The molecule has 0 radical (unpaired) electrons. The fraction of sp³-hybridized carbons (Fsp3) is 0.842. The lowest BCUT2D eigenvalue weighted by Crippen LogP contribution is -2.43. The second-order valence-electron chi connectivity index (χ2n) is 6.91. The molecule has 0 aliphatic carbocycles. The first-order valence-electron chi connectivity index (χ1n) is 9.31. The Kier molecular flexibility index (Phi) is 10.2. The van der Waals surface area contributed by atoms with Crippen molar-refractivity contribution in [1.82, 2.24) is 4.90 Å². The van der Waals surface area contributed by atoms with E-state index >= 15 is 0 Å². The molecule has 0 fully saturated rings. The first-order valence-corrected chi connectivity index (χ1v) is 9.31. The van der Waals surface area contributed by atoms with Gasteiger partial charge >= 0.3 is 0 Å². The molecule has 0 bridgehead atoms. The summed E-state index contributed by atoms with van der Waals surface area (Å²) in [7, 11) is 4.76. The molecule has 7 nitrogen and oxygen atoms in total. The number of rotatable bonds is 11. The molecule has 0 aromatic carbocycles. The molecule has 0 aromatic heterocycles. The molecular formula is C19H35NO6. The summed E-state index contributed by atoms with van der Waals surface area (Å²) in [5, 5.41) is 9.20. The molecule has 0 saturated carbocycles. The molecule has 1 aliphatic heterocycles. The summed E-state index contributed by atoms with van der Waals surface area (Å²) < 4.78 is 22.1. The van der Waals surface area contributed by atoms with E-state index < -0.39 is 12.6 Å². The number of nitrogens with zero attached hydrogens (tertiary/aromatic N) is 1. The number of methoxy groups -OCH3 is 2. The van der Waals surface area contributed by atoms with Crippen LogP contribution in [-0.2, 0) is 23.7 Å². The summed E-state index contributed by atoms with van der Waals surface area (Å²) in [5.41, 5.74) is 0. The van der Waals surface area contributed by atoms with Gasteiger partial charge in [0.05, 0.1) is 6.54 Å². The van der Waals surface area contributed by atoms with Crippen LogP contribution in [0.4, 0.5) is 0 Å². The largest absolute Gasteiger partial charge is 0.459 e. The van der Waals surface area contributed by atoms with Crippen LogP contribution in [0.1, 0.15) is 33.6 Å². The van der Waals surface area contributed by atoms with Crippen LogP contribution in [0.2, 0.25) is 0 Å². The number of likely N-dealkylation sites (N-methyl/N-ethyl adjacent to an activating group) is 1. The van der Waals surface area contributed by atoms with Gasteiger partial charge in [0.15, 0.2) is 12.0 Å². The zero-order valence-corrected chi connectivity index (χ0v) is 16.9. The number of aliphatic hydroxyl groups is 1. The Morgan fingerprint density at radius 3 is 2.50 bits per heavy atom. The van der Waals surface area contributed by atoms with Gasteiger partial charge in [0, 0.05) is 40.4 Å². The van der Waals surface area contributed by atoms with Crippen molar-refractivity contribution in [3.63, 3.8) is 0 Å². The van der Waals surface area contributed by atoms with E-state index in [0.717, 1.165) is 6.42 Å². The van der Waals surface area contributed by atoms with E-state index in [9.17, 15) is 9.90 Å². The molecule has 0 saturated heterocycles. The van der Waals surface area contributed by atoms with E-state index in [4.69, 9.17) is 18.9 Å². The van der Waals surface area contributed by atoms with Gasteiger partial charge in [0.25, 0.3) is 5.91 Å². The summed E-state index contributed by atoms with van der Waals surface area (Å²) in [6.07, 6.45) is 2.40. The van der Waals surface area contributed by atoms with Crippen LogP contribution in [-0.4, -0.2) is 69.5 Å². The molecule has 1 rings (SSSR count). The molecular weight excluding hydrogens is 338 g/mol. The minimum Gasteiger partial charge on any atom is -0.459 e. The Hall–Kier alpha value is -1.15. The lowest BCUT2D eigenvalue weighted by molar-refractivity contribution is -0.180. The van der Waals surface area contributed by atoms with Crippen molar-refractivity contribution in [1.29, 1.82) is 0 Å². The maximum atomic E-state index is 12.8. The fourth-order valence-electron chi connectivity index (χ4n) is 3.26. The van der Waals surface area contributed by atoms with Crippen LogP contribution >= 0.6 is 0 Å². The maximum Gasteiger partial charge on any atom is 0.288 e. The SMILES string of the molecule is CCO[C@@H]1OC(C(=O)N(C)CC(OC)OC)=C[C@H](C(C)C)[C@H]1CCCO. The van der Waals surface area contributed by atoms with Crippen molar-refractivity contribution >= 4 is 5.91 Å². The van der Waals surface area contributed by atoms with Crippen molar-refractivity contribution in [3.05, 3.63) is 11.8 Å². The van der Waals surface area contributed by atoms with Gasteiger partial charge in [-0.05, 0) is 37.7 Å². The Bertz CT molecular complexity index is 449. The lowest BCUT2D eigenvalue weighted by atomic mass is 9.78. The molecule has 7 heteroatoms. The average Bonchev–Trinajstić information content (AvgIpc) is 2.63. The van der Waals surface area contributed by atoms with Crippen molar-refractivity contribution in [2.45, 2.75) is 46.2 Å². The van der Waals surface area contributed by atoms with Gasteiger partial charge in [-0.2, -0.15) is 0 Å². The van der Waals surface area contributed by atoms with Gasteiger partial charge < -0.3 is 29.0 Å². The quantitative estimate of drug-likeness (QED) is 0.558. The van der Waals surface area contributed by atoms with Crippen molar-refractivity contribution < 1.29 is 28.8 Å². The summed E-state index contributed by atoms with van der Waals surface area (Å²) in [6, 6.07) is 0. The summed E-state index contributed by atoms with van der Waals surface area (Å²) >= 11 is 0. The Balaban J connectivity index is 3.00. The molecule has 1 N–H and O–H groups in total. The van der Waals surface area contributed by atoms with Crippen LogP contribution in [0.3, 0.4) is 0 Å². The monoisotopic (exact) mass is 373 g/mol. The smallest absolute Gasteiger partial charge is 0.288 e. The molecule has 1 aliphatic rings. The van der Waals surface area contributed by atoms with Crippen LogP contribution < -0.4 is 0 Å². The number of allylic oxidation sites excluding steroid dienone is 1. The molecule has 26 heavy (non-hydrogen) atoms. The minimum absolute atomic E-state index is 0.106. The Morgan fingerprint density at radius 2 is 2.00 bits per heavy atom. The molecule has 0 spiro atoms. The van der Waals surface area contributed by atoms with Gasteiger partial charge in [0.1, 0.15) is 0 Å². The number of aliphatic hydroxyl groups excluding tert-OH is 1. The van der Waals surface area contributed by atoms with E-state index in [0.29, 0.717) is 31.2 Å². The first kappa shape index (κ1) is 22.9. The van der Waals surface area contributed by atoms with E-state index in [1.807, 2.05) is 13.0 Å². The normalized spacial score (nSPS) is 23.1. The first-order chi connectivity index (χ1) is 12.4. The highest BCUT2D eigenvalue weighted by Crippen LogP contribution is 2.37. The van der Waals surface area contributed by atoms with Crippen molar-refractivity contribution in [2.24, 2.45) is 17.8 Å². The summed E-state index contributed by atoms with van der Waals surface area (Å²) in [4.78, 5) is 14.4. The van der Waals surface area contributed by atoms with Crippen molar-refractivity contribution in [3.8, 4) is 0 Å². The minimum atomic E-state index is -0.492. The number of carbonyl (C=O) groups excluding carboxylic acids is 1. The van der Waals surface area contributed by atoms with Crippen LogP contribution in [0, 0.1) is 17.8 Å². The maximum absolute atomic E-state index is 12.8. The molecule has 3 atom stereocenters. The highest BCUT2D eigenvalue weighted by atomic mass is 16.7. The highest BCUT2D eigenvalue weighted by molar-refractivity contribution is 5.91.